The average Bonchev–Trinajstić information content (AvgIpc) is 2.82. The Kier molecular flexibility index (Phi) is 4.20. The average molecular weight is 318 g/mol. The quantitative estimate of drug-likeness (QED) is 0.621. The Morgan fingerprint density at radius 2 is 2.13 bits per heavy atom. The maximum atomic E-state index is 11.3. The van der Waals surface area contributed by atoms with Crippen LogP contribution >= 0.6 is 0 Å². The van der Waals surface area contributed by atoms with Crippen molar-refractivity contribution < 1.29 is 14.6 Å². The molecule has 3 heteroatoms. The Labute approximate surface area is 139 Å². The lowest BCUT2D eigenvalue weighted by Crippen LogP contribution is -2.50. The van der Waals surface area contributed by atoms with Crippen LogP contribution in [0.4, 0.5) is 0 Å². The number of aliphatic hydroxyl groups is 1. The van der Waals surface area contributed by atoms with Crippen LogP contribution in [-0.4, -0.2) is 17.4 Å². The number of ether oxygens (including phenoxy) is 1. The molecule has 0 spiro atoms. The van der Waals surface area contributed by atoms with Crippen molar-refractivity contribution in [3.8, 4) is 0 Å². The third kappa shape index (κ3) is 2.67. The topological polar surface area (TPSA) is 46.5 Å². The van der Waals surface area contributed by atoms with Crippen LogP contribution in [0.2, 0.25) is 0 Å². The molecule has 0 bridgehead atoms. The molecule has 128 valence electrons. The molecule has 3 rings (SSSR count). The maximum Gasteiger partial charge on any atom is 0.333 e. The molecule has 0 saturated heterocycles. The van der Waals surface area contributed by atoms with Gasteiger partial charge in [0.1, 0.15) is 0 Å². The maximum absolute atomic E-state index is 11.3. The van der Waals surface area contributed by atoms with Crippen molar-refractivity contribution in [1.29, 1.82) is 0 Å². The van der Waals surface area contributed by atoms with Crippen molar-refractivity contribution in [1.82, 2.24) is 0 Å². The molecule has 0 aromatic rings. The number of aliphatic hydroxyl groups excluding tert-OH is 1. The molecule has 2 fully saturated rings. The number of carbonyl (C=O) groups is 1. The number of rotatable bonds is 3. The zero-order valence-electron chi connectivity index (χ0n) is 14.7. The molecule has 1 aliphatic heterocycles. The molecule has 3 aliphatic rings. The van der Waals surface area contributed by atoms with Gasteiger partial charge >= 0.3 is 5.97 Å². The van der Waals surface area contributed by atoms with Gasteiger partial charge in [-0.15, -0.1) is 0 Å². The molecule has 0 unspecified atom stereocenters. The first-order chi connectivity index (χ1) is 10.8. The van der Waals surface area contributed by atoms with E-state index in [0.717, 1.165) is 18.4 Å². The molecule has 0 radical (unpaired) electrons. The lowest BCUT2D eigenvalue weighted by atomic mass is 9.46. The highest BCUT2D eigenvalue weighted by molar-refractivity contribution is 5.85. The Morgan fingerprint density at radius 3 is 2.78 bits per heavy atom. The van der Waals surface area contributed by atoms with Crippen LogP contribution in [0.3, 0.4) is 0 Å². The van der Waals surface area contributed by atoms with Crippen LogP contribution in [0.5, 0.6) is 0 Å². The lowest BCUT2D eigenvalue weighted by molar-refractivity contribution is -0.151. The van der Waals surface area contributed by atoms with Crippen molar-refractivity contribution in [3.63, 3.8) is 0 Å². The van der Waals surface area contributed by atoms with Crippen LogP contribution in [0.15, 0.2) is 23.8 Å². The summed E-state index contributed by atoms with van der Waals surface area (Å²) in [4.78, 5) is 11.3. The number of esters is 1. The Hall–Kier alpha value is -1.09. The minimum absolute atomic E-state index is 0.225. The van der Waals surface area contributed by atoms with E-state index >= 15 is 0 Å². The largest absolute Gasteiger partial charge is 0.429 e. The predicted octanol–water partition coefficient (Wildman–Crippen LogP) is 4.37. The number of hydrogen-bond donors (Lipinski definition) is 1. The summed E-state index contributed by atoms with van der Waals surface area (Å²) in [6.07, 6.45) is 8.36. The van der Waals surface area contributed by atoms with E-state index in [1.54, 1.807) is 0 Å². The molecular formula is C20H30O3. The highest BCUT2D eigenvalue weighted by Gasteiger charge is 2.53. The zero-order valence-corrected chi connectivity index (χ0v) is 14.7. The van der Waals surface area contributed by atoms with E-state index in [1.165, 1.54) is 43.8 Å². The summed E-state index contributed by atoms with van der Waals surface area (Å²) in [6.45, 7) is 11.6. The fraction of sp³-hybridized carbons (Fsp3) is 0.750. The summed E-state index contributed by atoms with van der Waals surface area (Å²) >= 11 is 0. The van der Waals surface area contributed by atoms with Gasteiger partial charge < -0.3 is 9.84 Å². The second kappa shape index (κ2) is 5.77. The van der Waals surface area contributed by atoms with Gasteiger partial charge in [0.05, 0.1) is 0 Å². The minimum Gasteiger partial charge on any atom is -0.429 e. The third-order valence-corrected chi connectivity index (χ3v) is 7.37. The summed E-state index contributed by atoms with van der Waals surface area (Å²) in [7, 11) is 0. The van der Waals surface area contributed by atoms with Gasteiger partial charge in [-0.1, -0.05) is 32.9 Å². The molecule has 0 aromatic carbocycles. The standard InChI is InChI=1S/C20H30O3/c1-13-6-5-7-16-19(13,3)10-8-14(2)20(16,4)11-9-15-12-17(21)23-18(15)22/h12,14,16,18,22H,1,5-11H2,2-4H3/t14-,16+,18+,19+,20+/m1/s1. The molecule has 0 aromatic heterocycles. The van der Waals surface area contributed by atoms with Crippen molar-refractivity contribution >= 4 is 5.97 Å². The first kappa shape index (κ1) is 16.8. The van der Waals surface area contributed by atoms with E-state index in [4.69, 9.17) is 4.74 Å². The Bertz CT molecular complexity index is 549. The Balaban J connectivity index is 1.81. The summed E-state index contributed by atoms with van der Waals surface area (Å²) in [5.74, 6) is 0.892. The second-order valence-electron chi connectivity index (χ2n) is 8.42. The van der Waals surface area contributed by atoms with Gasteiger partial charge in [0.2, 0.25) is 6.29 Å². The summed E-state index contributed by atoms with van der Waals surface area (Å²) in [5.41, 5.74) is 2.66. The van der Waals surface area contributed by atoms with Gasteiger partial charge in [0, 0.05) is 11.6 Å². The van der Waals surface area contributed by atoms with Crippen LogP contribution in [0.1, 0.15) is 65.7 Å². The van der Waals surface area contributed by atoms with Gasteiger partial charge in [-0.3, -0.25) is 0 Å². The van der Waals surface area contributed by atoms with Gasteiger partial charge in [0.15, 0.2) is 0 Å². The van der Waals surface area contributed by atoms with Gasteiger partial charge in [-0.05, 0) is 67.6 Å². The number of allylic oxidation sites excluding steroid dienone is 1. The SMILES string of the molecule is C=C1CCC[C@@H]2[C@@](C)(CCC3=CC(=O)O[C@@H]3O)[C@H](C)CC[C@@]12C. The molecule has 23 heavy (non-hydrogen) atoms. The smallest absolute Gasteiger partial charge is 0.333 e. The molecule has 1 heterocycles. The van der Waals surface area contributed by atoms with Crippen molar-refractivity contribution in [2.24, 2.45) is 22.7 Å². The fourth-order valence-electron chi connectivity index (χ4n) is 5.44. The van der Waals surface area contributed by atoms with Crippen molar-refractivity contribution in [2.45, 2.75) is 72.0 Å². The van der Waals surface area contributed by atoms with E-state index in [2.05, 4.69) is 27.4 Å². The molecule has 3 nitrogen and oxygen atoms in total. The summed E-state index contributed by atoms with van der Waals surface area (Å²) in [5, 5.41) is 9.84. The van der Waals surface area contributed by atoms with Crippen LogP contribution in [0, 0.1) is 22.7 Å². The number of fused-ring (bicyclic) bond motifs is 1. The van der Waals surface area contributed by atoms with Crippen LogP contribution in [0.25, 0.3) is 0 Å². The normalized spacial score (nSPS) is 43.8. The number of cyclic esters (lactones) is 1. The molecule has 2 saturated carbocycles. The lowest BCUT2D eigenvalue weighted by Gasteiger charge is -2.59. The van der Waals surface area contributed by atoms with Gasteiger partial charge in [0.25, 0.3) is 0 Å². The van der Waals surface area contributed by atoms with Crippen molar-refractivity contribution in [3.05, 3.63) is 23.8 Å². The van der Waals surface area contributed by atoms with Crippen LogP contribution in [-0.2, 0) is 9.53 Å². The molecule has 5 atom stereocenters. The fourth-order valence-corrected chi connectivity index (χ4v) is 5.44. The monoisotopic (exact) mass is 318 g/mol. The van der Waals surface area contributed by atoms with Gasteiger partial charge in [-0.2, -0.15) is 0 Å². The van der Waals surface area contributed by atoms with Gasteiger partial charge in [-0.25, -0.2) is 4.79 Å². The predicted molar refractivity (Wildman–Crippen MR) is 90.5 cm³/mol. The molecular weight excluding hydrogens is 288 g/mol. The molecule has 2 aliphatic carbocycles. The molecule has 1 N–H and O–H groups in total. The van der Waals surface area contributed by atoms with E-state index in [0.29, 0.717) is 11.8 Å². The number of hydrogen-bond acceptors (Lipinski definition) is 3. The second-order valence-corrected chi connectivity index (χ2v) is 8.42. The van der Waals surface area contributed by atoms with E-state index < -0.39 is 12.3 Å². The minimum atomic E-state index is -1.03. The first-order valence-electron chi connectivity index (χ1n) is 9.05. The zero-order chi connectivity index (χ0) is 16.8. The highest BCUT2D eigenvalue weighted by atomic mass is 16.6. The van der Waals surface area contributed by atoms with E-state index in [1.807, 2.05) is 0 Å². The number of carbonyl (C=O) groups excluding carboxylic acids is 1. The van der Waals surface area contributed by atoms with Crippen molar-refractivity contribution in [2.75, 3.05) is 0 Å². The summed E-state index contributed by atoms with van der Waals surface area (Å²) < 4.78 is 4.83. The third-order valence-electron chi connectivity index (χ3n) is 7.37. The van der Waals surface area contributed by atoms with E-state index in [9.17, 15) is 9.90 Å². The highest BCUT2D eigenvalue weighted by Crippen LogP contribution is 2.62. The van der Waals surface area contributed by atoms with E-state index in [-0.39, 0.29) is 10.8 Å². The summed E-state index contributed by atoms with van der Waals surface area (Å²) in [6, 6.07) is 0. The molecule has 0 amide bonds. The first-order valence-corrected chi connectivity index (χ1v) is 9.05. The Morgan fingerprint density at radius 1 is 1.39 bits per heavy atom. The van der Waals surface area contributed by atoms with Crippen LogP contribution < -0.4 is 0 Å².